The molecule has 0 aliphatic rings. The molecule has 1 aromatic carbocycles. The highest BCUT2D eigenvalue weighted by Crippen LogP contribution is 2.30. The van der Waals surface area contributed by atoms with Crippen LogP contribution in [0.2, 0.25) is 0 Å². The molecule has 2 aromatic rings. The summed E-state index contributed by atoms with van der Waals surface area (Å²) in [6.45, 7) is 1.21. The Morgan fingerprint density at radius 3 is 2.68 bits per heavy atom. The molecule has 0 aliphatic carbocycles. The van der Waals surface area contributed by atoms with Crippen molar-refractivity contribution in [2.45, 2.75) is 31.0 Å². The quantitative estimate of drug-likeness (QED) is 0.718. The molecule has 2 rings (SSSR count). The molecule has 0 saturated heterocycles. The Hall–Kier alpha value is -2.91. The molecule has 0 atom stereocenters. The normalized spacial score (nSPS) is 11.8. The van der Waals surface area contributed by atoms with Gasteiger partial charge >= 0.3 is 6.18 Å². The summed E-state index contributed by atoms with van der Waals surface area (Å²) < 4.78 is 65.9. The van der Waals surface area contributed by atoms with Gasteiger partial charge in [0, 0.05) is 6.07 Å². The number of benzene rings is 1. The number of nitriles is 1. The van der Waals surface area contributed by atoms with Gasteiger partial charge in [0.1, 0.15) is 5.82 Å². The Morgan fingerprint density at radius 2 is 2.04 bits per heavy atom. The molecule has 12 heteroatoms. The molecule has 1 aromatic heterocycles. The lowest BCUT2D eigenvalue weighted by molar-refractivity contribution is -0.137. The number of nitrogens with one attached hydrogen (secondary N) is 2. The smallest absolute Gasteiger partial charge is 0.310 e. The van der Waals surface area contributed by atoms with E-state index in [4.69, 9.17) is 5.26 Å². The fourth-order valence-corrected chi connectivity index (χ4v) is 3.27. The number of aryl methyl sites for hydroxylation is 2. The minimum atomic E-state index is -4.69. The summed E-state index contributed by atoms with van der Waals surface area (Å²) in [4.78, 5) is 11.4. The predicted molar refractivity (Wildman–Crippen MR) is 92.5 cm³/mol. The Balaban J connectivity index is 2.06. The predicted octanol–water partition coefficient (Wildman–Crippen LogP) is 2.04. The van der Waals surface area contributed by atoms with E-state index in [0.29, 0.717) is 11.8 Å². The second-order valence-electron chi connectivity index (χ2n) is 5.70. The molecule has 1 heterocycles. The molecule has 2 N–H and O–H groups in total. The van der Waals surface area contributed by atoms with Crippen LogP contribution in [-0.2, 0) is 27.5 Å². The van der Waals surface area contributed by atoms with Crippen LogP contribution < -0.4 is 10.0 Å². The SMILES string of the molecule is Cc1cc(NC(=O)CNS(=O)(=O)c2cccc(C(F)(F)F)c2)n(CCC#N)n1. The Bertz CT molecular complexity index is 1010. The van der Waals surface area contributed by atoms with Gasteiger partial charge in [0.25, 0.3) is 0 Å². The summed E-state index contributed by atoms with van der Waals surface area (Å²) in [5.74, 6) is -0.468. The van der Waals surface area contributed by atoms with E-state index >= 15 is 0 Å². The number of rotatable bonds is 7. The third kappa shape index (κ3) is 5.54. The number of hydrogen-bond donors (Lipinski definition) is 2. The van der Waals surface area contributed by atoms with Crippen molar-refractivity contribution in [3.05, 3.63) is 41.6 Å². The van der Waals surface area contributed by atoms with E-state index in [-0.39, 0.29) is 18.8 Å². The van der Waals surface area contributed by atoms with Gasteiger partial charge in [-0.3, -0.25) is 4.79 Å². The fraction of sp³-hybridized carbons (Fsp3) is 0.312. The number of carbonyl (C=O) groups is 1. The van der Waals surface area contributed by atoms with Gasteiger partial charge in [-0.15, -0.1) is 0 Å². The van der Waals surface area contributed by atoms with Crippen molar-refractivity contribution in [1.82, 2.24) is 14.5 Å². The standard InChI is InChI=1S/C16H16F3N5O3S/c1-11-8-14(24(23-11)7-3-6-20)22-15(25)10-21-28(26,27)13-5-2-4-12(9-13)16(17,18)19/h2,4-5,8-9,21H,3,7,10H2,1H3,(H,22,25). The van der Waals surface area contributed by atoms with E-state index in [1.165, 1.54) is 10.7 Å². The first kappa shape index (κ1) is 21.4. The van der Waals surface area contributed by atoms with Crippen molar-refractivity contribution in [1.29, 1.82) is 5.26 Å². The maximum absolute atomic E-state index is 12.7. The van der Waals surface area contributed by atoms with Crippen molar-refractivity contribution in [2.75, 3.05) is 11.9 Å². The number of sulfonamides is 1. The zero-order valence-corrected chi connectivity index (χ0v) is 15.4. The molecule has 0 aliphatic heterocycles. The average molecular weight is 415 g/mol. The van der Waals surface area contributed by atoms with Crippen LogP contribution in [0.3, 0.4) is 0 Å². The number of alkyl halides is 3. The van der Waals surface area contributed by atoms with Gasteiger partial charge in [0.2, 0.25) is 15.9 Å². The van der Waals surface area contributed by atoms with Gasteiger partial charge in [-0.25, -0.2) is 17.8 Å². The Labute approximate surface area is 159 Å². The summed E-state index contributed by atoms with van der Waals surface area (Å²) in [6.07, 6.45) is -4.53. The van der Waals surface area contributed by atoms with Crippen molar-refractivity contribution >= 4 is 21.7 Å². The number of halogens is 3. The largest absolute Gasteiger partial charge is 0.416 e. The third-order valence-corrected chi connectivity index (χ3v) is 4.90. The second-order valence-corrected chi connectivity index (χ2v) is 7.47. The van der Waals surface area contributed by atoms with Crippen LogP contribution in [0.15, 0.2) is 35.2 Å². The number of anilines is 1. The van der Waals surface area contributed by atoms with Crippen LogP contribution in [0.5, 0.6) is 0 Å². The summed E-state index contributed by atoms with van der Waals surface area (Å²) in [7, 11) is -4.33. The monoisotopic (exact) mass is 415 g/mol. The van der Waals surface area contributed by atoms with E-state index in [1.807, 2.05) is 10.8 Å². The van der Waals surface area contributed by atoms with Crippen LogP contribution >= 0.6 is 0 Å². The topological polar surface area (TPSA) is 117 Å². The van der Waals surface area contributed by atoms with Crippen molar-refractivity contribution in [3.8, 4) is 6.07 Å². The van der Waals surface area contributed by atoms with Gasteiger partial charge < -0.3 is 5.32 Å². The number of amides is 1. The molecule has 0 bridgehead atoms. The number of aromatic nitrogens is 2. The molecule has 0 saturated carbocycles. The van der Waals surface area contributed by atoms with E-state index < -0.39 is 39.1 Å². The number of carbonyl (C=O) groups excluding carboxylic acids is 1. The van der Waals surface area contributed by atoms with E-state index in [0.717, 1.165) is 18.2 Å². The number of nitrogens with zero attached hydrogens (tertiary/aromatic N) is 3. The van der Waals surface area contributed by atoms with Gasteiger partial charge in [-0.1, -0.05) is 6.07 Å². The van der Waals surface area contributed by atoms with Crippen molar-refractivity contribution in [3.63, 3.8) is 0 Å². The van der Waals surface area contributed by atoms with E-state index in [2.05, 4.69) is 10.4 Å². The van der Waals surface area contributed by atoms with Crippen molar-refractivity contribution in [2.24, 2.45) is 0 Å². The molecule has 28 heavy (non-hydrogen) atoms. The molecule has 1 amide bonds. The first-order chi connectivity index (χ1) is 13.0. The minimum absolute atomic E-state index is 0.159. The van der Waals surface area contributed by atoms with E-state index in [9.17, 15) is 26.4 Å². The first-order valence-electron chi connectivity index (χ1n) is 7.91. The maximum atomic E-state index is 12.7. The highest BCUT2D eigenvalue weighted by Gasteiger charge is 2.31. The maximum Gasteiger partial charge on any atom is 0.416 e. The summed E-state index contributed by atoms with van der Waals surface area (Å²) in [5.41, 5.74) is -0.533. The Kier molecular flexibility index (Phi) is 6.42. The zero-order valence-electron chi connectivity index (χ0n) is 14.6. The van der Waals surface area contributed by atoms with Gasteiger partial charge in [-0.05, 0) is 25.1 Å². The van der Waals surface area contributed by atoms with Crippen LogP contribution in [0.1, 0.15) is 17.7 Å². The van der Waals surface area contributed by atoms with Crippen LogP contribution in [0, 0.1) is 18.3 Å². The van der Waals surface area contributed by atoms with Crippen molar-refractivity contribution < 1.29 is 26.4 Å². The molecule has 0 spiro atoms. The molecule has 150 valence electrons. The van der Waals surface area contributed by atoms with E-state index in [1.54, 1.807) is 6.92 Å². The highest BCUT2D eigenvalue weighted by atomic mass is 32.2. The zero-order chi connectivity index (χ0) is 20.9. The van der Waals surface area contributed by atoms with Gasteiger partial charge in [0.05, 0.1) is 41.7 Å². The molecule has 0 fully saturated rings. The summed E-state index contributed by atoms with van der Waals surface area (Å²) in [5, 5.41) is 15.2. The molecule has 0 unspecified atom stereocenters. The lowest BCUT2D eigenvalue weighted by Crippen LogP contribution is -2.33. The lowest BCUT2D eigenvalue weighted by atomic mass is 10.2. The molecule has 0 radical (unpaired) electrons. The lowest BCUT2D eigenvalue weighted by Gasteiger charge is -2.11. The Morgan fingerprint density at radius 1 is 1.32 bits per heavy atom. The van der Waals surface area contributed by atoms with Crippen LogP contribution in [0.25, 0.3) is 0 Å². The molecular formula is C16H16F3N5O3S. The van der Waals surface area contributed by atoms with Crippen LogP contribution in [-0.4, -0.2) is 30.7 Å². The first-order valence-corrected chi connectivity index (χ1v) is 9.39. The van der Waals surface area contributed by atoms with Gasteiger partial charge in [0.15, 0.2) is 0 Å². The molecular weight excluding hydrogens is 399 g/mol. The summed E-state index contributed by atoms with van der Waals surface area (Å²) >= 11 is 0. The van der Waals surface area contributed by atoms with Gasteiger partial charge in [-0.2, -0.15) is 23.5 Å². The average Bonchev–Trinajstić information content (AvgIpc) is 2.97. The van der Waals surface area contributed by atoms with Crippen LogP contribution in [0.4, 0.5) is 19.0 Å². The minimum Gasteiger partial charge on any atom is -0.310 e. The highest BCUT2D eigenvalue weighted by molar-refractivity contribution is 7.89. The number of hydrogen-bond acceptors (Lipinski definition) is 5. The third-order valence-electron chi connectivity index (χ3n) is 3.50. The fourth-order valence-electron chi connectivity index (χ4n) is 2.24. The summed E-state index contributed by atoms with van der Waals surface area (Å²) in [6, 6.07) is 6.67. The molecule has 8 nitrogen and oxygen atoms in total. The second kappa shape index (κ2) is 8.41.